The Labute approximate surface area is 186 Å². The number of benzene rings is 1. The van der Waals surface area contributed by atoms with Gasteiger partial charge in [0.1, 0.15) is 5.75 Å². The van der Waals surface area contributed by atoms with E-state index in [0.29, 0.717) is 25.7 Å². The van der Waals surface area contributed by atoms with Gasteiger partial charge in [-0.1, -0.05) is 44.2 Å². The van der Waals surface area contributed by atoms with E-state index in [9.17, 15) is 5.11 Å². The summed E-state index contributed by atoms with van der Waals surface area (Å²) in [5.41, 5.74) is 4.61. The van der Waals surface area contributed by atoms with Gasteiger partial charge in [0.05, 0.1) is 24.6 Å². The van der Waals surface area contributed by atoms with E-state index in [4.69, 9.17) is 14.5 Å². The van der Waals surface area contributed by atoms with E-state index in [-0.39, 0.29) is 24.8 Å². The Morgan fingerprint density at radius 1 is 1.21 bits per heavy atom. The zero-order valence-electron chi connectivity index (χ0n) is 17.3. The molecule has 0 bridgehead atoms. The van der Waals surface area contributed by atoms with Crippen LogP contribution in [0.25, 0.3) is 0 Å². The number of aromatic nitrogens is 1. The topological polar surface area (TPSA) is 63.6 Å². The number of aliphatic hydroxyl groups is 1. The van der Waals surface area contributed by atoms with Gasteiger partial charge >= 0.3 is 0 Å². The first-order valence-electron chi connectivity index (χ1n) is 9.78. The molecule has 1 aromatic heterocycles. The maximum absolute atomic E-state index is 10.3. The molecule has 7 heteroatoms. The minimum Gasteiger partial charge on any atom is -0.491 e. The van der Waals surface area contributed by atoms with Gasteiger partial charge in [-0.25, -0.2) is 0 Å². The average Bonchev–Trinajstić information content (AvgIpc) is 3.02. The molecule has 1 aromatic carbocycles. The minimum atomic E-state index is -0.926. The number of hydrogen-bond acceptors (Lipinski definition) is 5. The van der Waals surface area contributed by atoms with E-state index >= 15 is 0 Å². The Bertz CT molecular complexity index is 757. The number of rotatable bonds is 9. The van der Waals surface area contributed by atoms with E-state index in [0.717, 1.165) is 53.2 Å². The van der Waals surface area contributed by atoms with E-state index in [1.807, 2.05) is 25.1 Å². The number of pyridine rings is 1. The second kappa shape index (κ2) is 12.4. The van der Waals surface area contributed by atoms with Crippen molar-refractivity contribution in [2.45, 2.75) is 59.0 Å². The van der Waals surface area contributed by atoms with Crippen molar-refractivity contribution in [2.75, 3.05) is 13.2 Å². The molecule has 0 saturated heterocycles. The van der Waals surface area contributed by atoms with Crippen LogP contribution >= 0.6 is 24.8 Å². The lowest BCUT2D eigenvalue weighted by Crippen LogP contribution is -2.23. The van der Waals surface area contributed by atoms with Gasteiger partial charge in [-0.15, -0.1) is 24.8 Å². The third-order valence-corrected chi connectivity index (χ3v) is 4.76. The standard InChI is InChI=1S/C22H30N2O3.2ClH/c1-15(2)23-11-7-8-12-26-21-16(3)24-19(13-17-9-5-4-6-10-17)20-18(21)14-27-22(20)25;;/h4-6,9-10,15,22-23,25H,7-8,11-14H2,1-3H3;2*1H. The Balaban J connectivity index is 0.00000210. The monoisotopic (exact) mass is 442 g/mol. The number of aliphatic hydroxyl groups excluding tert-OH is 1. The smallest absolute Gasteiger partial charge is 0.183 e. The maximum atomic E-state index is 10.3. The highest BCUT2D eigenvalue weighted by Crippen LogP contribution is 2.39. The molecule has 1 aliphatic rings. The van der Waals surface area contributed by atoms with Crippen molar-refractivity contribution >= 4 is 24.8 Å². The van der Waals surface area contributed by atoms with Crippen LogP contribution in [0.3, 0.4) is 0 Å². The second-order valence-corrected chi connectivity index (χ2v) is 7.36. The van der Waals surface area contributed by atoms with Crippen molar-refractivity contribution in [1.29, 1.82) is 0 Å². The van der Waals surface area contributed by atoms with Gasteiger partial charge in [0.15, 0.2) is 6.29 Å². The molecule has 29 heavy (non-hydrogen) atoms. The number of ether oxygens (including phenoxy) is 2. The predicted octanol–water partition coefficient (Wildman–Crippen LogP) is 4.50. The molecule has 5 nitrogen and oxygen atoms in total. The molecule has 3 rings (SSSR count). The number of hydrogen-bond donors (Lipinski definition) is 2. The average molecular weight is 443 g/mol. The molecular formula is C22H32Cl2N2O3. The van der Waals surface area contributed by atoms with Crippen LogP contribution < -0.4 is 10.1 Å². The van der Waals surface area contributed by atoms with Crippen LogP contribution in [-0.4, -0.2) is 29.3 Å². The molecule has 2 aromatic rings. The lowest BCUT2D eigenvalue weighted by molar-refractivity contribution is -0.0923. The summed E-state index contributed by atoms with van der Waals surface area (Å²) in [4.78, 5) is 4.75. The van der Waals surface area contributed by atoms with Crippen LogP contribution in [0, 0.1) is 6.92 Å². The number of fused-ring (bicyclic) bond motifs is 1. The molecule has 2 heterocycles. The summed E-state index contributed by atoms with van der Waals surface area (Å²) in [6.07, 6.45) is 1.79. The first-order valence-corrected chi connectivity index (χ1v) is 9.78. The van der Waals surface area contributed by atoms with Crippen molar-refractivity contribution in [3.63, 3.8) is 0 Å². The summed E-state index contributed by atoms with van der Waals surface area (Å²) in [6, 6.07) is 10.7. The molecule has 1 atom stereocenters. The second-order valence-electron chi connectivity index (χ2n) is 7.36. The van der Waals surface area contributed by atoms with Gasteiger partial charge < -0.3 is 19.9 Å². The molecule has 1 aliphatic heterocycles. The largest absolute Gasteiger partial charge is 0.491 e. The summed E-state index contributed by atoms with van der Waals surface area (Å²) >= 11 is 0. The van der Waals surface area contributed by atoms with Gasteiger partial charge in [-0.05, 0) is 31.9 Å². The zero-order chi connectivity index (χ0) is 19.2. The molecule has 0 aliphatic carbocycles. The quantitative estimate of drug-likeness (QED) is 0.559. The molecule has 0 saturated carbocycles. The first-order chi connectivity index (χ1) is 13.1. The number of aryl methyl sites for hydroxylation is 1. The van der Waals surface area contributed by atoms with Crippen LogP contribution in [0.5, 0.6) is 5.75 Å². The summed E-state index contributed by atoms with van der Waals surface area (Å²) in [5, 5.41) is 13.7. The molecular weight excluding hydrogens is 411 g/mol. The molecule has 162 valence electrons. The van der Waals surface area contributed by atoms with Crippen molar-refractivity contribution in [1.82, 2.24) is 10.3 Å². The lowest BCUT2D eigenvalue weighted by atomic mass is 10.0. The first kappa shape index (κ1) is 25.7. The number of nitrogens with one attached hydrogen (secondary N) is 1. The van der Waals surface area contributed by atoms with Crippen LogP contribution in [0.15, 0.2) is 30.3 Å². The van der Waals surface area contributed by atoms with Crippen LogP contribution in [0.1, 0.15) is 61.1 Å². The van der Waals surface area contributed by atoms with Crippen molar-refractivity contribution in [2.24, 2.45) is 0 Å². The molecule has 0 amide bonds. The Kier molecular flexibility index (Phi) is 10.9. The van der Waals surface area contributed by atoms with Gasteiger partial charge in [0, 0.05) is 23.6 Å². The van der Waals surface area contributed by atoms with Crippen LogP contribution in [0.2, 0.25) is 0 Å². The summed E-state index contributed by atoms with van der Waals surface area (Å²) in [6.45, 7) is 8.27. The van der Waals surface area contributed by atoms with Crippen LogP contribution in [0.4, 0.5) is 0 Å². The fourth-order valence-electron chi connectivity index (χ4n) is 3.42. The number of unbranched alkanes of at least 4 members (excludes halogenated alkanes) is 1. The van der Waals surface area contributed by atoms with E-state index < -0.39 is 6.29 Å². The lowest BCUT2D eigenvalue weighted by Gasteiger charge is -2.16. The van der Waals surface area contributed by atoms with Crippen molar-refractivity contribution < 1.29 is 14.6 Å². The minimum absolute atomic E-state index is 0. The SMILES string of the molecule is Cc1nc(Cc2ccccc2)c2c(c1OCCCCNC(C)C)COC2O.Cl.Cl. The van der Waals surface area contributed by atoms with Crippen molar-refractivity contribution in [3.8, 4) is 5.75 Å². The maximum Gasteiger partial charge on any atom is 0.183 e. The molecule has 0 fully saturated rings. The molecule has 2 N–H and O–H groups in total. The predicted molar refractivity (Wildman–Crippen MR) is 120 cm³/mol. The van der Waals surface area contributed by atoms with Crippen LogP contribution in [-0.2, 0) is 17.8 Å². The Hall–Kier alpha value is -1.37. The van der Waals surface area contributed by atoms with E-state index in [1.165, 1.54) is 0 Å². The van der Waals surface area contributed by atoms with Gasteiger partial charge in [0.2, 0.25) is 0 Å². The number of nitrogens with zero attached hydrogens (tertiary/aromatic N) is 1. The van der Waals surface area contributed by atoms with Gasteiger partial charge in [-0.2, -0.15) is 0 Å². The fraction of sp³-hybridized carbons (Fsp3) is 0.500. The van der Waals surface area contributed by atoms with E-state index in [1.54, 1.807) is 0 Å². The summed E-state index contributed by atoms with van der Waals surface area (Å²) < 4.78 is 11.6. The summed E-state index contributed by atoms with van der Waals surface area (Å²) in [7, 11) is 0. The van der Waals surface area contributed by atoms with E-state index in [2.05, 4.69) is 31.3 Å². The highest BCUT2D eigenvalue weighted by molar-refractivity contribution is 5.85. The van der Waals surface area contributed by atoms with Gasteiger partial charge in [-0.3, -0.25) is 4.98 Å². The third kappa shape index (κ3) is 6.83. The molecule has 0 radical (unpaired) electrons. The molecule has 0 spiro atoms. The summed E-state index contributed by atoms with van der Waals surface area (Å²) in [5.74, 6) is 0.773. The third-order valence-electron chi connectivity index (χ3n) is 4.76. The normalized spacial score (nSPS) is 14.9. The Morgan fingerprint density at radius 3 is 2.62 bits per heavy atom. The molecule has 1 unspecified atom stereocenters. The zero-order valence-corrected chi connectivity index (χ0v) is 18.9. The highest BCUT2D eigenvalue weighted by atomic mass is 35.5. The Morgan fingerprint density at radius 2 is 1.93 bits per heavy atom. The fourth-order valence-corrected chi connectivity index (χ4v) is 3.42. The van der Waals surface area contributed by atoms with Gasteiger partial charge in [0.25, 0.3) is 0 Å². The highest BCUT2D eigenvalue weighted by Gasteiger charge is 2.30. The van der Waals surface area contributed by atoms with Crippen molar-refractivity contribution in [3.05, 3.63) is 58.4 Å². The number of halogens is 2.